The van der Waals surface area contributed by atoms with Crippen molar-refractivity contribution in [3.8, 4) is 6.07 Å². The summed E-state index contributed by atoms with van der Waals surface area (Å²) in [6, 6.07) is 13.7. The van der Waals surface area contributed by atoms with Crippen LogP contribution in [0.25, 0.3) is 0 Å². The maximum atomic E-state index is 8.77. The molecule has 0 radical (unpaired) electrons. The smallest absolute Gasteiger partial charge is 0.203 e. The van der Waals surface area contributed by atoms with Gasteiger partial charge in [-0.05, 0) is 24.3 Å². The summed E-state index contributed by atoms with van der Waals surface area (Å²) in [5.41, 5.74) is 2.24. The molecule has 0 saturated carbocycles. The highest BCUT2D eigenvalue weighted by atomic mass is 16.5. The van der Waals surface area contributed by atoms with Crippen LogP contribution in [0, 0.1) is 11.3 Å². The molecule has 1 aromatic carbocycles. The van der Waals surface area contributed by atoms with E-state index in [1.54, 1.807) is 6.07 Å². The van der Waals surface area contributed by atoms with Crippen molar-refractivity contribution in [2.75, 3.05) is 36.5 Å². The first kappa shape index (κ1) is 13.5. The summed E-state index contributed by atoms with van der Waals surface area (Å²) in [6.45, 7) is 3.88. The zero-order chi connectivity index (χ0) is 14.5. The molecule has 0 amide bonds. The lowest BCUT2D eigenvalue weighted by molar-refractivity contribution is 0.123. The third-order valence-electron chi connectivity index (χ3n) is 3.48. The summed E-state index contributed by atoms with van der Waals surface area (Å²) >= 11 is 0. The standard InChI is InChI=1S/C16H17N3O2/c17-11-13-5-6-14(21-13)12-18-15-3-1-2-4-16(15)19-7-9-20-10-8-19/h1-6,18H,7-10,12H2. The molecule has 1 N–H and O–H groups in total. The molecule has 0 atom stereocenters. The number of nitriles is 1. The van der Waals surface area contributed by atoms with Gasteiger partial charge in [0.25, 0.3) is 0 Å². The van der Waals surface area contributed by atoms with Crippen LogP contribution in [-0.4, -0.2) is 26.3 Å². The summed E-state index contributed by atoms with van der Waals surface area (Å²) in [6.07, 6.45) is 0. The van der Waals surface area contributed by atoms with Gasteiger partial charge in [0.1, 0.15) is 11.8 Å². The second-order valence-corrected chi connectivity index (χ2v) is 4.85. The van der Waals surface area contributed by atoms with E-state index in [1.165, 1.54) is 5.69 Å². The molecular weight excluding hydrogens is 266 g/mol. The summed E-state index contributed by atoms with van der Waals surface area (Å²) < 4.78 is 10.8. The van der Waals surface area contributed by atoms with Crippen LogP contribution in [0.15, 0.2) is 40.8 Å². The van der Waals surface area contributed by atoms with Gasteiger partial charge in [-0.2, -0.15) is 5.26 Å². The van der Waals surface area contributed by atoms with E-state index in [0.29, 0.717) is 12.3 Å². The molecular formula is C16H17N3O2. The van der Waals surface area contributed by atoms with Gasteiger partial charge >= 0.3 is 0 Å². The second-order valence-electron chi connectivity index (χ2n) is 4.85. The lowest BCUT2D eigenvalue weighted by Gasteiger charge is -2.30. The van der Waals surface area contributed by atoms with Crippen LogP contribution in [-0.2, 0) is 11.3 Å². The number of morpholine rings is 1. The van der Waals surface area contributed by atoms with Crippen molar-refractivity contribution in [2.45, 2.75) is 6.54 Å². The normalized spacial score (nSPS) is 14.7. The fourth-order valence-electron chi connectivity index (χ4n) is 2.42. The van der Waals surface area contributed by atoms with Crippen molar-refractivity contribution >= 4 is 11.4 Å². The van der Waals surface area contributed by atoms with E-state index >= 15 is 0 Å². The first-order valence-corrected chi connectivity index (χ1v) is 7.01. The number of nitrogens with one attached hydrogen (secondary N) is 1. The minimum Gasteiger partial charge on any atom is -0.449 e. The first-order valence-electron chi connectivity index (χ1n) is 7.01. The largest absolute Gasteiger partial charge is 0.449 e. The number of rotatable bonds is 4. The third kappa shape index (κ3) is 3.18. The Morgan fingerprint density at radius 1 is 1.14 bits per heavy atom. The highest BCUT2D eigenvalue weighted by Crippen LogP contribution is 2.26. The van der Waals surface area contributed by atoms with Crippen molar-refractivity contribution in [1.82, 2.24) is 0 Å². The zero-order valence-corrected chi connectivity index (χ0v) is 11.7. The van der Waals surface area contributed by atoms with E-state index < -0.39 is 0 Å². The Balaban J connectivity index is 1.71. The third-order valence-corrected chi connectivity index (χ3v) is 3.48. The number of hydrogen-bond donors (Lipinski definition) is 1. The molecule has 1 aliphatic heterocycles. The van der Waals surface area contributed by atoms with E-state index in [-0.39, 0.29) is 0 Å². The number of benzene rings is 1. The number of ether oxygens (including phenoxy) is 1. The molecule has 0 unspecified atom stereocenters. The van der Waals surface area contributed by atoms with E-state index in [1.807, 2.05) is 24.3 Å². The average Bonchev–Trinajstić information content (AvgIpc) is 3.02. The van der Waals surface area contributed by atoms with Gasteiger partial charge in [0.2, 0.25) is 5.76 Å². The molecule has 0 bridgehead atoms. The fraction of sp³-hybridized carbons (Fsp3) is 0.312. The highest BCUT2D eigenvalue weighted by Gasteiger charge is 2.14. The van der Waals surface area contributed by atoms with E-state index in [2.05, 4.69) is 22.3 Å². The van der Waals surface area contributed by atoms with Gasteiger partial charge < -0.3 is 19.4 Å². The van der Waals surface area contributed by atoms with Crippen LogP contribution in [0.4, 0.5) is 11.4 Å². The molecule has 1 aromatic heterocycles. The summed E-state index contributed by atoms with van der Waals surface area (Å²) in [7, 11) is 0. The van der Waals surface area contributed by atoms with Gasteiger partial charge in [0, 0.05) is 13.1 Å². The molecule has 1 saturated heterocycles. The molecule has 108 valence electrons. The van der Waals surface area contributed by atoms with Crippen LogP contribution < -0.4 is 10.2 Å². The summed E-state index contributed by atoms with van der Waals surface area (Å²) in [5.74, 6) is 1.09. The molecule has 3 rings (SSSR count). The number of furan rings is 1. The second kappa shape index (κ2) is 6.33. The monoisotopic (exact) mass is 283 g/mol. The van der Waals surface area contributed by atoms with E-state index in [0.717, 1.165) is 37.8 Å². The van der Waals surface area contributed by atoms with Crippen molar-refractivity contribution in [2.24, 2.45) is 0 Å². The van der Waals surface area contributed by atoms with Gasteiger partial charge in [-0.25, -0.2) is 0 Å². The minimum atomic E-state index is 0.341. The predicted molar refractivity (Wildman–Crippen MR) is 80.2 cm³/mol. The molecule has 1 aliphatic rings. The Hall–Kier alpha value is -2.45. The zero-order valence-electron chi connectivity index (χ0n) is 11.7. The van der Waals surface area contributed by atoms with Crippen LogP contribution in [0.5, 0.6) is 0 Å². The molecule has 5 heteroatoms. The van der Waals surface area contributed by atoms with E-state index in [9.17, 15) is 0 Å². The average molecular weight is 283 g/mol. The SMILES string of the molecule is N#Cc1ccc(CNc2ccccc2N2CCOCC2)o1. The molecule has 2 heterocycles. The lowest BCUT2D eigenvalue weighted by atomic mass is 10.2. The molecule has 21 heavy (non-hydrogen) atoms. The molecule has 0 aliphatic carbocycles. The van der Waals surface area contributed by atoms with Crippen LogP contribution >= 0.6 is 0 Å². The van der Waals surface area contributed by atoms with Crippen molar-refractivity contribution in [3.05, 3.63) is 47.9 Å². The van der Waals surface area contributed by atoms with Gasteiger partial charge in [0.05, 0.1) is 31.1 Å². The predicted octanol–water partition coefficient (Wildman–Crippen LogP) is 2.60. The van der Waals surface area contributed by atoms with Gasteiger partial charge in [-0.1, -0.05) is 12.1 Å². The number of para-hydroxylation sites is 2. The minimum absolute atomic E-state index is 0.341. The number of anilines is 2. The maximum absolute atomic E-state index is 8.77. The Kier molecular flexibility index (Phi) is 4.08. The topological polar surface area (TPSA) is 61.4 Å². The van der Waals surface area contributed by atoms with Crippen molar-refractivity contribution in [3.63, 3.8) is 0 Å². The molecule has 0 spiro atoms. The highest BCUT2D eigenvalue weighted by molar-refractivity contribution is 5.70. The van der Waals surface area contributed by atoms with Crippen molar-refractivity contribution < 1.29 is 9.15 Å². The van der Waals surface area contributed by atoms with Gasteiger partial charge in [0.15, 0.2) is 0 Å². The van der Waals surface area contributed by atoms with Crippen LogP contribution in [0.1, 0.15) is 11.5 Å². The molecule has 1 fully saturated rings. The van der Waals surface area contributed by atoms with E-state index in [4.69, 9.17) is 14.4 Å². The summed E-state index contributed by atoms with van der Waals surface area (Å²) in [5, 5.41) is 12.1. The lowest BCUT2D eigenvalue weighted by Crippen LogP contribution is -2.36. The summed E-state index contributed by atoms with van der Waals surface area (Å²) in [4.78, 5) is 2.31. The first-order chi connectivity index (χ1) is 10.4. The quantitative estimate of drug-likeness (QED) is 0.934. The Labute approximate surface area is 123 Å². The maximum Gasteiger partial charge on any atom is 0.203 e. The van der Waals surface area contributed by atoms with Crippen LogP contribution in [0.3, 0.4) is 0 Å². The Bertz CT molecular complexity index is 639. The van der Waals surface area contributed by atoms with Gasteiger partial charge in [-0.3, -0.25) is 0 Å². The Morgan fingerprint density at radius 2 is 1.95 bits per heavy atom. The fourth-order valence-corrected chi connectivity index (χ4v) is 2.42. The Morgan fingerprint density at radius 3 is 2.71 bits per heavy atom. The number of nitrogens with zero attached hydrogens (tertiary/aromatic N) is 2. The van der Waals surface area contributed by atoms with Crippen molar-refractivity contribution in [1.29, 1.82) is 5.26 Å². The molecule has 5 nitrogen and oxygen atoms in total. The number of hydrogen-bond acceptors (Lipinski definition) is 5. The molecule has 2 aromatic rings. The van der Waals surface area contributed by atoms with Gasteiger partial charge in [-0.15, -0.1) is 0 Å². The van der Waals surface area contributed by atoms with Crippen LogP contribution in [0.2, 0.25) is 0 Å².